The van der Waals surface area contributed by atoms with E-state index in [4.69, 9.17) is 5.73 Å². The van der Waals surface area contributed by atoms with E-state index in [1.807, 2.05) is 11.8 Å². The molecule has 0 radical (unpaired) electrons. The Bertz CT molecular complexity index is 583. The fourth-order valence-corrected chi connectivity index (χ4v) is 2.86. The first-order chi connectivity index (χ1) is 9.45. The molecule has 0 aromatic carbocycles. The number of rotatable bonds is 3. The molecule has 7 heteroatoms. The summed E-state index contributed by atoms with van der Waals surface area (Å²) in [5.41, 5.74) is 5.20. The SMILES string of the molecule is CCN(c1nn(C)c(=O)n(C)c1=O)C1CCC(N)CC1. The van der Waals surface area contributed by atoms with Crippen LogP contribution in [-0.4, -0.2) is 33.0 Å². The maximum absolute atomic E-state index is 12.3. The van der Waals surface area contributed by atoms with E-state index in [0.29, 0.717) is 12.4 Å². The van der Waals surface area contributed by atoms with Crippen LogP contribution in [0.2, 0.25) is 0 Å². The quantitative estimate of drug-likeness (QED) is 0.813. The molecule has 1 aliphatic rings. The molecule has 0 saturated heterocycles. The van der Waals surface area contributed by atoms with Crippen LogP contribution in [0.4, 0.5) is 5.82 Å². The first-order valence-corrected chi connectivity index (χ1v) is 7.12. The topological polar surface area (TPSA) is 86.2 Å². The van der Waals surface area contributed by atoms with Crippen LogP contribution >= 0.6 is 0 Å². The number of hydrogen-bond acceptors (Lipinski definition) is 5. The Kier molecular flexibility index (Phi) is 4.27. The van der Waals surface area contributed by atoms with Gasteiger partial charge in [-0.05, 0) is 32.6 Å². The minimum atomic E-state index is -0.402. The molecule has 1 saturated carbocycles. The van der Waals surface area contributed by atoms with Gasteiger partial charge < -0.3 is 10.6 Å². The molecule has 0 atom stereocenters. The second-order valence-electron chi connectivity index (χ2n) is 5.45. The molecular weight excluding hydrogens is 258 g/mol. The Morgan fingerprint density at radius 1 is 1.25 bits per heavy atom. The summed E-state index contributed by atoms with van der Waals surface area (Å²) in [6.45, 7) is 2.70. The molecule has 2 rings (SSSR count). The molecule has 0 amide bonds. The molecule has 0 aliphatic heterocycles. The predicted octanol–water partition coefficient (Wildman–Crippen LogP) is -0.425. The van der Waals surface area contributed by atoms with E-state index in [1.165, 1.54) is 11.7 Å². The van der Waals surface area contributed by atoms with Crippen molar-refractivity contribution in [2.75, 3.05) is 11.4 Å². The highest BCUT2D eigenvalue weighted by Gasteiger charge is 2.26. The van der Waals surface area contributed by atoms with Gasteiger partial charge in [-0.1, -0.05) is 0 Å². The third-order valence-corrected chi connectivity index (χ3v) is 4.10. The van der Waals surface area contributed by atoms with Crippen LogP contribution in [0.15, 0.2) is 9.59 Å². The summed E-state index contributed by atoms with van der Waals surface area (Å²) >= 11 is 0. The van der Waals surface area contributed by atoms with E-state index in [9.17, 15) is 9.59 Å². The fraction of sp³-hybridized carbons (Fsp3) is 0.769. The number of aromatic nitrogens is 3. The zero-order valence-corrected chi connectivity index (χ0v) is 12.4. The van der Waals surface area contributed by atoms with Crippen LogP contribution in [0.3, 0.4) is 0 Å². The Labute approximate surface area is 118 Å². The monoisotopic (exact) mass is 281 g/mol. The largest absolute Gasteiger partial charge is 0.348 e. The van der Waals surface area contributed by atoms with Gasteiger partial charge in [0.25, 0.3) is 5.56 Å². The van der Waals surface area contributed by atoms with Crippen LogP contribution in [-0.2, 0) is 14.1 Å². The lowest BCUT2D eigenvalue weighted by molar-refractivity contribution is 0.373. The van der Waals surface area contributed by atoms with Gasteiger partial charge in [0.2, 0.25) is 5.82 Å². The highest BCUT2D eigenvalue weighted by molar-refractivity contribution is 5.36. The van der Waals surface area contributed by atoms with Gasteiger partial charge >= 0.3 is 5.69 Å². The smallest absolute Gasteiger partial charge is 0.346 e. The molecule has 0 spiro atoms. The fourth-order valence-electron chi connectivity index (χ4n) is 2.86. The first-order valence-electron chi connectivity index (χ1n) is 7.12. The highest BCUT2D eigenvalue weighted by Crippen LogP contribution is 2.23. The molecule has 0 unspecified atom stereocenters. The zero-order chi connectivity index (χ0) is 14.9. The number of hydrogen-bond donors (Lipinski definition) is 1. The summed E-state index contributed by atoms with van der Waals surface area (Å²) in [6, 6.07) is 0.540. The van der Waals surface area contributed by atoms with Crippen LogP contribution in [0.5, 0.6) is 0 Å². The Morgan fingerprint density at radius 2 is 1.85 bits per heavy atom. The summed E-state index contributed by atoms with van der Waals surface area (Å²) in [5, 5.41) is 4.16. The van der Waals surface area contributed by atoms with Crippen molar-refractivity contribution >= 4 is 5.82 Å². The Hall–Kier alpha value is -1.63. The molecule has 0 bridgehead atoms. The second-order valence-corrected chi connectivity index (χ2v) is 5.45. The molecule has 1 heterocycles. The first kappa shape index (κ1) is 14.8. The molecule has 20 heavy (non-hydrogen) atoms. The van der Waals surface area contributed by atoms with Gasteiger partial charge in [-0.25, -0.2) is 9.48 Å². The van der Waals surface area contributed by atoms with Gasteiger partial charge in [0.05, 0.1) is 0 Å². The molecule has 112 valence electrons. The van der Waals surface area contributed by atoms with E-state index in [0.717, 1.165) is 30.3 Å². The number of aryl methyl sites for hydroxylation is 1. The van der Waals surface area contributed by atoms with Gasteiger partial charge in [0.15, 0.2) is 0 Å². The number of anilines is 1. The molecule has 1 aromatic heterocycles. The second kappa shape index (κ2) is 5.78. The van der Waals surface area contributed by atoms with E-state index < -0.39 is 5.69 Å². The van der Waals surface area contributed by atoms with Crippen molar-refractivity contribution in [1.82, 2.24) is 14.3 Å². The van der Waals surface area contributed by atoms with Crippen molar-refractivity contribution in [3.63, 3.8) is 0 Å². The molecule has 1 fully saturated rings. The normalized spacial score (nSPS) is 22.8. The zero-order valence-electron chi connectivity index (χ0n) is 12.4. The van der Waals surface area contributed by atoms with Crippen molar-refractivity contribution in [1.29, 1.82) is 0 Å². The number of nitrogens with two attached hydrogens (primary N) is 1. The maximum atomic E-state index is 12.3. The molecule has 1 aliphatic carbocycles. The third kappa shape index (κ3) is 2.63. The Morgan fingerprint density at radius 3 is 2.40 bits per heavy atom. The number of nitrogens with zero attached hydrogens (tertiary/aromatic N) is 4. The minimum Gasteiger partial charge on any atom is -0.348 e. The molecule has 2 N–H and O–H groups in total. The van der Waals surface area contributed by atoms with E-state index in [2.05, 4.69) is 5.10 Å². The van der Waals surface area contributed by atoms with Gasteiger partial charge in [0.1, 0.15) is 0 Å². The summed E-state index contributed by atoms with van der Waals surface area (Å²) in [4.78, 5) is 26.0. The standard InChI is InChI=1S/C13H23N5O2/c1-4-18(10-7-5-9(14)6-8-10)11-12(19)16(2)13(20)17(3)15-11/h9-10H,4-8,14H2,1-3H3. The van der Waals surface area contributed by atoms with Crippen molar-refractivity contribution < 1.29 is 0 Å². The lowest BCUT2D eigenvalue weighted by Crippen LogP contribution is -2.48. The van der Waals surface area contributed by atoms with Gasteiger partial charge in [-0.2, -0.15) is 0 Å². The Balaban J connectivity index is 2.38. The van der Waals surface area contributed by atoms with Crippen molar-refractivity contribution in [2.24, 2.45) is 19.8 Å². The van der Waals surface area contributed by atoms with Crippen LogP contribution < -0.4 is 21.9 Å². The van der Waals surface area contributed by atoms with Crippen molar-refractivity contribution in [3.05, 3.63) is 20.8 Å². The average molecular weight is 281 g/mol. The summed E-state index contributed by atoms with van der Waals surface area (Å²) in [6.07, 6.45) is 3.85. The lowest BCUT2D eigenvalue weighted by atomic mass is 9.91. The van der Waals surface area contributed by atoms with Crippen molar-refractivity contribution in [3.8, 4) is 0 Å². The van der Waals surface area contributed by atoms with E-state index >= 15 is 0 Å². The van der Waals surface area contributed by atoms with Crippen molar-refractivity contribution in [2.45, 2.75) is 44.7 Å². The predicted molar refractivity (Wildman–Crippen MR) is 78.0 cm³/mol. The molecular formula is C13H23N5O2. The van der Waals surface area contributed by atoms with E-state index in [1.54, 1.807) is 7.05 Å². The lowest BCUT2D eigenvalue weighted by Gasteiger charge is -2.35. The van der Waals surface area contributed by atoms with Gasteiger partial charge in [0, 0.05) is 32.7 Å². The van der Waals surface area contributed by atoms with Gasteiger partial charge in [-0.15, -0.1) is 5.10 Å². The molecule has 1 aromatic rings. The van der Waals surface area contributed by atoms with Crippen LogP contribution in [0.1, 0.15) is 32.6 Å². The maximum Gasteiger partial charge on any atom is 0.346 e. The minimum absolute atomic E-state index is 0.265. The summed E-state index contributed by atoms with van der Waals surface area (Å²) < 4.78 is 2.33. The van der Waals surface area contributed by atoms with Crippen LogP contribution in [0, 0.1) is 0 Å². The van der Waals surface area contributed by atoms with Crippen LogP contribution in [0.25, 0.3) is 0 Å². The summed E-state index contributed by atoms with van der Waals surface area (Å²) in [5.74, 6) is 0.359. The average Bonchev–Trinajstić information content (AvgIpc) is 2.44. The summed E-state index contributed by atoms with van der Waals surface area (Å²) in [7, 11) is 3.05. The third-order valence-electron chi connectivity index (χ3n) is 4.10. The highest BCUT2D eigenvalue weighted by atomic mass is 16.2. The van der Waals surface area contributed by atoms with Gasteiger partial charge in [-0.3, -0.25) is 9.36 Å². The van der Waals surface area contributed by atoms with E-state index in [-0.39, 0.29) is 17.6 Å². The molecule has 7 nitrogen and oxygen atoms in total.